The highest BCUT2D eigenvalue weighted by Crippen LogP contribution is 2.15. The number of aromatic nitrogens is 1. The van der Waals surface area contributed by atoms with Crippen LogP contribution in [0.4, 0.5) is 5.82 Å². The topological polar surface area (TPSA) is 59.0 Å². The third-order valence-electron chi connectivity index (χ3n) is 5.73. The third-order valence-corrected chi connectivity index (χ3v) is 5.73. The summed E-state index contributed by atoms with van der Waals surface area (Å²) in [6.07, 6.45) is 4.55. The van der Waals surface area contributed by atoms with E-state index in [-0.39, 0.29) is 24.0 Å². The number of pyridine rings is 1. The van der Waals surface area contributed by atoms with E-state index >= 15 is 0 Å². The zero-order valence-corrected chi connectivity index (χ0v) is 19.9. The lowest BCUT2D eigenvalue weighted by molar-refractivity contribution is 0.267. The second-order valence-corrected chi connectivity index (χ2v) is 7.55. The molecule has 158 valence electrons. The molecule has 1 atom stereocenters. The lowest BCUT2D eigenvalue weighted by atomic mass is 10.2. The molecule has 3 rings (SSSR count). The van der Waals surface area contributed by atoms with E-state index in [1.54, 1.807) is 0 Å². The lowest BCUT2D eigenvalue weighted by Crippen LogP contribution is -2.45. The van der Waals surface area contributed by atoms with Crippen LogP contribution in [-0.2, 0) is 6.54 Å². The van der Waals surface area contributed by atoms with Crippen molar-refractivity contribution in [2.45, 2.75) is 32.4 Å². The minimum atomic E-state index is 0. The maximum absolute atomic E-state index is 4.66. The summed E-state index contributed by atoms with van der Waals surface area (Å²) >= 11 is 0. The van der Waals surface area contributed by atoms with Crippen LogP contribution in [0.15, 0.2) is 23.3 Å². The van der Waals surface area contributed by atoms with Gasteiger partial charge in [-0.3, -0.25) is 9.89 Å². The van der Waals surface area contributed by atoms with Gasteiger partial charge >= 0.3 is 0 Å². The molecule has 0 saturated carbocycles. The van der Waals surface area contributed by atoms with Crippen LogP contribution >= 0.6 is 24.0 Å². The normalized spacial score (nSPS) is 21.5. The molecule has 2 saturated heterocycles. The average Bonchev–Trinajstić information content (AvgIpc) is 3.17. The standard InChI is InChI=1S/C20H35N7.HI/c1-4-26-9-5-6-18(26)16-24-20(21-2)23-15-17-7-8-19(22-14-17)27-12-10-25(3)11-13-27;/h7-8,14,18H,4-6,9-13,15-16H2,1-3H3,(H2,21,23,24);1H. The molecule has 2 aliphatic rings. The summed E-state index contributed by atoms with van der Waals surface area (Å²) in [5.74, 6) is 1.94. The predicted octanol–water partition coefficient (Wildman–Crippen LogP) is 1.60. The van der Waals surface area contributed by atoms with Gasteiger partial charge < -0.3 is 20.4 Å². The molecule has 1 aromatic heterocycles. The van der Waals surface area contributed by atoms with Crippen molar-refractivity contribution in [3.63, 3.8) is 0 Å². The molecule has 0 aromatic carbocycles. The van der Waals surface area contributed by atoms with Gasteiger partial charge in [-0.05, 0) is 44.6 Å². The van der Waals surface area contributed by atoms with E-state index in [9.17, 15) is 0 Å². The third kappa shape index (κ3) is 6.45. The van der Waals surface area contributed by atoms with E-state index in [0.717, 1.165) is 57.6 Å². The molecule has 28 heavy (non-hydrogen) atoms. The number of halogens is 1. The van der Waals surface area contributed by atoms with Crippen LogP contribution in [0, 0.1) is 0 Å². The molecular formula is C20H36IN7. The highest BCUT2D eigenvalue weighted by atomic mass is 127. The fourth-order valence-electron chi connectivity index (χ4n) is 3.91. The Morgan fingerprint density at radius 2 is 1.96 bits per heavy atom. The first-order chi connectivity index (χ1) is 13.2. The van der Waals surface area contributed by atoms with Crippen LogP contribution in [0.2, 0.25) is 0 Å². The maximum atomic E-state index is 4.66. The van der Waals surface area contributed by atoms with E-state index in [4.69, 9.17) is 0 Å². The Balaban J connectivity index is 0.00000280. The van der Waals surface area contributed by atoms with Crippen molar-refractivity contribution < 1.29 is 0 Å². The van der Waals surface area contributed by atoms with E-state index in [2.05, 4.69) is 61.4 Å². The number of hydrogen-bond acceptors (Lipinski definition) is 5. The Labute approximate surface area is 187 Å². The van der Waals surface area contributed by atoms with E-state index in [1.165, 1.54) is 24.9 Å². The van der Waals surface area contributed by atoms with Crippen LogP contribution in [0.25, 0.3) is 0 Å². The molecule has 7 nitrogen and oxygen atoms in total. The van der Waals surface area contributed by atoms with Crippen molar-refractivity contribution in [1.82, 2.24) is 25.4 Å². The first-order valence-corrected chi connectivity index (χ1v) is 10.3. The van der Waals surface area contributed by atoms with Crippen molar-refractivity contribution in [2.75, 3.05) is 64.8 Å². The minimum absolute atomic E-state index is 0. The van der Waals surface area contributed by atoms with E-state index in [0.29, 0.717) is 6.04 Å². The molecule has 0 spiro atoms. The Morgan fingerprint density at radius 3 is 2.61 bits per heavy atom. The maximum Gasteiger partial charge on any atom is 0.191 e. The molecule has 2 aliphatic heterocycles. The Bertz CT molecular complexity index is 599. The Kier molecular flexibility index (Phi) is 9.73. The van der Waals surface area contributed by atoms with Gasteiger partial charge in [-0.15, -0.1) is 24.0 Å². The molecule has 0 amide bonds. The summed E-state index contributed by atoms with van der Waals surface area (Å²) in [4.78, 5) is 16.3. The number of nitrogens with one attached hydrogen (secondary N) is 2. The smallest absolute Gasteiger partial charge is 0.191 e. The molecule has 0 aliphatic carbocycles. The summed E-state index contributed by atoms with van der Waals surface area (Å²) in [5.41, 5.74) is 1.17. The van der Waals surface area contributed by atoms with Gasteiger partial charge in [0.25, 0.3) is 0 Å². The molecule has 0 bridgehead atoms. The van der Waals surface area contributed by atoms with Gasteiger partial charge in [0.2, 0.25) is 0 Å². The number of aliphatic imine (C=N–C) groups is 1. The molecule has 2 fully saturated rings. The zero-order valence-electron chi connectivity index (χ0n) is 17.5. The summed E-state index contributed by atoms with van der Waals surface area (Å²) in [6.45, 7) is 10.6. The van der Waals surface area contributed by atoms with Crippen LogP contribution < -0.4 is 15.5 Å². The SMILES string of the molecule is CCN1CCCC1CNC(=NC)NCc1ccc(N2CCN(C)CC2)nc1.I. The number of guanidine groups is 1. The molecule has 8 heteroatoms. The van der Waals surface area contributed by atoms with Crippen molar-refractivity contribution in [3.8, 4) is 0 Å². The molecule has 3 heterocycles. The number of piperazine rings is 1. The van der Waals surface area contributed by atoms with Crippen molar-refractivity contribution in [1.29, 1.82) is 0 Å². The van der Waals surface area contributed by atoms with Crippen molar-refractivity contribution >= 4 is 35.8 Å². The van der Waals surface area contributed by atoms with Gasteiger partial charge in [0.15, 0.2) is 5.96 Å². The lowest BCUT2D eigenvalue weighted by Gasteiger charge is -2.33. The van der Waals surface area contributed by atoms with Gasteiger partial charge in [0, 0.05) is 58.6 Å². The zero-order chi connectivity index (χ0) is 19.1. The average molecular weight is 501 g/mol. The second kappa shape index (κ2) is 11.8. The summed E-state index contributed by atoms with van der Waals surface area (Å²) < 4.78 is 0. The first-order valence-electron chi connectivity index (χ1n) is 10.3. The van der Waals surface area contributed by atoms with Crippen molar-refractivity contribution in [3.05, 3.63) is 23.9 Å². The van der Waals surface area contributed by atoms with Gasteiger partial charge in [0.05, 0.1) is 0 Å². The Morgan fingerprint density at radius 1 is 1.18 bits per heavy atom. The molecular weight excluding hydrogens is 465 g/mol. The number of nitrogens with zero attached hydrogens (tertiary/aromatic N) is 5. The van der Waals surface area contributed by atoms with Crippen LogP contribution in [0.5, 0.6) is 0 Å². The van der Waals surface area contributed by atoms with Gasteiger partial charge in [-0.1, -0.05) is 13.0 Å². The molecule has 2 N–H and O–H groups in total. The molecule has 0 radical (unpaired) electrons. The highest BCUT2D eigenvalue weighted by molar-refractivity contribution is 14.0. The number of likely N-dealkylation sites (tertiary alicyclic amines) is 1. The number of likely N-dealkylation sites (N-methyl/N-ethyl adjacent to an activating group) is 2. The summed E-state index contributed by atoms with van der Waals surface area (Å²) in [5, 5.41) is 6.88. The van der Waals surface area contributed by atoms with Gasteiger partial charge in [-0.2, -0.15) is 0 Å². The van der Waals surface area contributed by atoms with Crippen LogP contribution in [0.1, 0.15) is 25.3 Å². The highest BCUT2D eigenvalue weighted by Gasteiger charge is 2.22. The Hall–Kier alpha value is -1.13. The van der Waals surface area contributed by atoms with E-state index < -0.39 is 0 Å². The van der Waals surface area contributed by atoms with Crippen molar-refractivity contribution in [2.24, 2.45) is 4.99 Å². The minimum Gasteiger partial charge on any atom is -0.355 e. The number of hydrogen-bond donors (Lipinski definition) is 2. The monoisotopic (exact) mass is 501 g/mol. The fraction of sp³-hybridized carbons (Fsp3) is 0.700. The predicted molar refractivity (Wildman–Crippen MR) is 128 cm³/mol. The largest absolute Gasteiger partial charge is 0.355 e. The fourth-order valence-corrected chi connectivity index (χ4v) is 3.91. The van der Waals surface area contributed by atoms with Gasteiger partial charge in [-0.25, -0.2) is 4.98 Å². The molecule has 1 unspecified atom stereocenters. The van der Waals surface area contributed by atoms with Crippen LogP contribution in [0.3, 0.4) is 0 Å². The quantitative estimate of drug-likeness (QED) is 0.351. The number of anilines is 1. The summed E-state index contributed by atoms with van der Waals surface area (Å²) in [6, 6.07) is 4.92. The number of rotatable bonds is 6. The molecule has 1 aromatic rings. The van der Waals surface area contributed by atoms with Gasteiger partial charge in [0.1, 0.15) is 5.82 Å². The summed E-state index contributed by atoms with van der Waals surface area (Å²) in [7, 11) is 4.00. The van der Waals surface area contributed by atoms with Crippen LogP contribution in [-0.4, -0.2) is 86.7 Å². The first kappa shape index (κ1) is 23.2. The second-order valence-electron chi connectivity index (χ2n) is 7.55. The van der Waals surface area contributed by atoms with E-state index in [1.807, 2.05) is 13.2 Å².